The van der Waals surface area contributed by atoms with Gasteiger partial charge in [-0.25, -0.2) is 4.79 Å². The second kappa shape index (κ2) is 7.50. The van der Waals surface area contributed by atoms with E-state index in [0.717, 1.165) is 10.5 Å². The largest absolute Gasteiger partial charge is 0.338 e. The Kier molecular flexibility index (Phi) is 6.27. The number of carbonyl (C=O) groups is 2. The lowest BCUT2D eigenvalue weighted by Crippen LogP contribution is -2.40. The van der Waals surface area contributed by atoms with Gasteiger partial charge in [-0.05, 0) is 36.5 Å². The van der Waals surface area contributed by atoms with E-state index in [0.29, 0.717) is 6.54 Å². The van der Waals surface area contributed by atoms with Crippen LogP contribution in [0.1, 0.15) is 38.8 Å². The molecular formula is C16H24N2O2S. The monoisotopic (exact) mass is 308 g/mol. The lowest BCUT2D eigenvalue weighted by molar-refractivity contribution is -0.117. The second-order valence-electron chi connectivity index (χ2n) is 5.93. The van der Waals surface area contributed by atoms with Gasteiger partial charge in [0, 0.05) is 11.4 Å². The van der Waals surface area contributed by atoms with Crippen LogP contribution in [0.5, 0.6) is 0 Å². The number of carbonyl (C=O) groups excluding carboxylic acids is 2. The molecule has 0 radical (unpaired) electrons. The number of hydrogen-bond acceptors (Lipinski definition) is 3. The van der Waals surface area contributed by atoms with Crippen molar-refractivity contribution < 1.29 is 9.59 Å². The van der Waals surface area contributed by atoms with Crippen LogP contribution in [0.4, 0.5) is 4.79 Å². The highest BCUT2D eigenvalue weighted by Crippen LogP contribution is 2.29. The van der Waals surface area contributed by atoms with Gasteiger partial charge in [0.2, 0.25) is 5.91 Å². The highest BCUT2D eigenvalue weighted by atomic mass is 32.2. The Morgan fingerprint density at radius 3 is 2.48 bits per heavy atom. The van der Waals surface area contributed by atoms with Gasteiger partial charge in [0.05, 0.1) is 5.75 Å². The molecule has 2 N–H and O–H groups in total. The molecule has 0 spiro atoms. The third-order valence-corrected chi connectivity index (χ3v) is 4.16. The van der Waals surface area contributed by atoms with Crippen molar-refractivity contribution in [2.45, 2.75) is 44.9 Å². The Hall–Kier alpha value is -1.49. The molecule has 0 aromatic heterocycles. The fraction of sp³-hybridized carbons (Fsp3) is 0.500. The number of nitrogens with one attached hydrogen (secondary N) is 2. The van der Waals surface area contributed by atoms with Crippen molar-refractivity contribution in [1.82, 2.24) is 10.6 Å². The van der Waals surface area contributed by atoms with E-state index >= 15 is 0 Å². The summed E-state index contributed by atoms with van der Waals surface area (Å²) < 4.78 is 0. The molecule has 4 nitrogen and oxygen atoms in total. The molecule has 3 amide bonds. The number of benzene rings is 1. The quantitative estimate of drug-likeness (QED) is 0.840. The minimum atomic E-state index is -0.441. The van der Waals surface area contributed by atoms with Crippen LogP contribution in [-0.4, -0.2) is 24.2 Å². The van der Waals surface area contributed by atoms with Gasteiger partial charge in [-0.15, -0.1) is 11.8 Å². The summed E-state index contributed by atoms with van der Waals surface area (Å²) in [5, 5.41) is 4.84. The maximum Gasteiger partial charge on any atom is 0.321 e. The summed E-state index contributed by atoms with van der Waals surface area (Å²) in [6.45, 7) is 10.8. The average Bonchev–Trinajstić information content (AvgIpc) is 2.36. The first kappa shape index (κ1) is 17.6. The molecule has 116 valence electrons. The molecule has 0 unspecified atom stereocenters. The van der Waals surface area contributed by atoms with Crippen LogP contribution in [-0.2, 0) is 10.2 Å². The number of thioether (sulfide) groups is 1. The Labute approximate surface area is 131 Å². The van der Waals surface area contributed by atoms with Crippen LogP contribution in [0.25, 0.3) is 0 Å². The molecule has 21 heavy (non-hydrogen) atoms. The molecule has 1 rings (SSSR count). The van der Waals surface area contributed by atoms with Crippen LogP contribution in [0.3, 0.4) is 0 Å². The number of aryl methyl sites for hydroxylation is 1. The Bertz CT molecular complexity index is 521. The molecule has 0 aliphatic carbocycles. The molecule has 1 aromatic carbocycles. The third kappa shape index (κ3) is 5.79. The number of amides is 3. The summed E-state index contributed by atoms with van der Waals surface area (Å²) in [5.41, 5.74) is 2.45. The third-order valence-electron chi connectivity index (χ3n) is 3.00. The zero-order valence-electron chi connectivity index (χ0n) is 13.4. The lowest BCUT2D eigenvalue weighted by Gasteiger charge is -2.20. The van der Waals surface area contributed by atoms with Gasteiger partial charge in [-0.2, -0.15) is 0 Å². The SMILES string of the molecule is CCNC(=O)NC(=O)CSc1cc(C(C)(C)C)ccc1C. The van der Waals surface area contributed by atoms with Crippen LogP contribution in [0, 0.1) is 6.92 Å². The van der Waals surface area contributed by atoms with E-state index < -0.39 is 6.03 Å². The molecule has 0 bridgehead atoms. The van der Waals surface area contributed by atoms with E-state index in [9.17, 15) is 9.59 Å². The maximum absolute atomic E-state index is 11.7. The zero-order chi connectivity index (χ0) is 16.0. The topological polar surface area (TPSA) is 58.2 Å². The summed E-state index contributed by atoms with van der Waals surface area (Å²) in [6, 6.07) is 5.88. The number of imide groups is 1. The first-order valence-electron chi connectivity index (χ1n) is 7.05. The average molecular weight is 308 g/mol. The van der Waals surface area contributed by atoms with Crippen molar-refractivity contribution in [2.75, 3.05) is 12.3 Å². The normalized spacial score (nSPS) is 11.1. The first-order valence-corrected chi connectivity index (χ1v) is 8.04. The molecule has 5 heteroatoms. The molecule has 0 saturated heterocycles. The van der Waals surface area contributed by atoms with E-state index in [4.69, 9.17) is 0 Å². The lowest BCUT2D eigenvalue weighted by atomic mass is 9.87. The Morgan fingerprint density at radius 2 is 1.90 bits per heavy atom. The summed E-state index contributed by atoms with van der Waals surface area (Å²) >= 11 is 1.45. The molecular weight excluding hydrogens is 284 g/mol. The summed E-state index contributed by atoms with van der Waals surface area (Å²) in [4.78, 5) is 24.0. The molecule has 0 aliphatic rings. The Morgan fingerprint density at radius 1 is 1.24 bits per heavy atom. The van der Waals surface area contributed by atoms with Crippen molar-refractivity contribution in [1.29, 1.82) is 0 Å². The van der Waals surface area contributed by atoms with Crippen molar-refractivity contribution in [3.8, 4) is 0 Å². The van der Waals surface area contributed by atoms with Crippen LogP contribution in [0.2, 0.25) is 0 Å². The van der Waals surface area contributed by atoms with Crippen molar-refractivity contribution in [3.05, 3.63) is 29.3 Å². The number of hydrogen-bond donors (Lipinski definition) is 2. The van der Waals surface area contributed by atoms with Crippen LogP contribution >= 0.6 is 11.8 Å². The molecule has 0 saturated carbocycles. The molecule has 0 fully saturated rings. The summed E-state index contributed by atoms with van der Waals surface area (Å²) in [5.74, 6) is -0.0579. The standard InChI is InChI=1S/C16H24N2O2S/c1-6-17-15(20)18-14(19)10-21-13-9-12(16(3,4)5)8-7-11(13)2/h7-9H,6,10H2,1-5H3,(H2,17,18,19,20). The molecule has 1 aromatic rings. The number of rotatable bonds is 4. The van der Waals surface area contributed by atoms with E-state index in [-0.39, 0.29) is 17.1 Å². The van der Waals surface area contributed by atoms with Gasteiger partial charge in [-0.3, -0.25) is 10.1 Å². The van der Waals surface area contributed by atoms with Gasteiger partial charge in [0.15, 0.2) is 0 Å². The van der Waals surface area contributed by atoms with Gasteiger partial charge < -0.3 is 5.32 Å². The van der Waals surface area contributed by atoms with E-state index in [2.05, 4.69) is 49.6 Å². The van der Waals surface area contributed by atoms with Gasteiger partial charge in [0.1, 0.15) is 0 Å². The molecule has 0 atom stereocenters. The summed E-state index contributed by atoms with van der Waals surface area (Å²) in [7, 11) is 0. The zero-order valence-corrected chi connectivity index (χ0v) is 14.2. The highest BCUT2D eigenvalue weighted by molar-refractivity contribution is 8.00. The van der Waals surface area contributed by atoms with Crippen molar-refractivity contribution in [2.24, 2.45) is 0 Å². The van der Waals surface area contributed by atoms with Gasteiger partial charge in [-0.1, -0.05) is 32.9 Å². The first-order chi connectivity index (χ1) is 9.74. The molecule has 0 aliphatic heterocycles. The minimum Gasteiger partial charge on any atom is -0.338 e. The van der Waals surface area contributed by atoms with Crippen molar-refractivity contribution in [3.63, 3.8) is 0 Å². The fourth-order valence-corrected chi connectivity index (χ4v) is 2.60. The second-order valence-corrected chi connectivity index (χ2v) is 6.94. The van der Waals surface area contributed by atoms with E-state index in [1.54, 1.807) is 6.92 Å². The highest BCUT2D eigenvalue weighted by Gasteiger charge is 2.15. The molecule has 0 heterocycles. The predicted octanol–water partition coefficient (Wildman–Crippen LogP) is 3.23. The van der Waals surface area contributed by atoms with Gasteiger partial charge >= 0.3 is 6.03 Å². The fourth-order valence-electron chi connectivity index (χ4n) is 1.73. The Balaban J connectivity index is 2.67. The van der Waals surface area contributed by atoms with Crippen LogP contribution in [0.15, 0.2) is 23.1 Å². The number of urea groups is 1. The smallest absolute Gasteiger partial charge is 0.321 e. The predicted molar refractivity (Wildman–Crippen MR) is 87.8 cm³/mol. The summed E-state index contributed by atoms with van der Waals surface area (Å²) in [6.07, 6.45) is 0. The maximum atomic E-state index is 11.7. The van der Waals surface area contributed by atoms with Gasteiger partial charge in [0.25, 0.3) is 0 Å². The van der Waals surface area contributed by atoms with E-state index in [1.165, 1.54) is 17.3 Å². The van der Waals surface area contributed by atoms with E-state index in [1.807, 2.05) is 6.92 Å². The van der Waals surface area contributed by atoms with Crippen LogP contribution < -0.4 is 10.6 Å². The van der Waals surface area contributed by atoms with Crippen molar-refractivity contribution >= 4 is 23.7 Å². The minimum absolute atomic E-state index is 0.0757.